The van der Waals surface area contributed by atoms with E-state index in [0.717, 1.165) is 25.1 Å². The minimum atomic E-state index is -0.443. The van der Waals surface area contributed by atoms with E-state index in [1.807, 2.05) is 11.8 Å². The van der Waals surface area contributed by atoms with Crippen LogP contribution in [0, 0.1) is 5.82 Å². The second-order valence-electron chi connectivity index (χ2n) is 5.85. The van der Waals surface area contributed by atoms with Gasteiger partial charge in [-0.05, 0) is 25.0 Å². The molecule has 126 valence electrons. The smallest absolute Gasteiger partial charge is 0.238 e. The van der Waals surface area contributed by atoms with Crippen LogP contribution in [0.4, 0.5) is 4.39 Å². The first-order valence-electron chi connectivity index (χ1n) is 8.19. The van der Waals surface area contributed by atoms with Crippen molar-refractivity contribution in [3.8, 4) is 11.6 Å². The average Bonchev–Trinajstić information content (AvgIpc) is 2.63. The summed E-state index contributed by atoms with van der Waals surface area (Å²) < 4.78 is 19.2. The molecule has 3 rings (SSSR count). The van der Waals surface area contributed by atoms with Crippen LogP contribution in [0.15, 0.2) is 36.7 Å². The number of piperidine rings is 1. The average molecular weight is 329 g/mol. The maximum absolute atomic E-state index is 13.7. The molecule has 1 aromatic heterocycles. The molecule has 1 aromatic carbocycles. The summed E-state index contributed by atoms with van der Waals surface area (Å²) >= 11 is 0. The zero-order valence-electron chi connectivity index (χ0n) is 13.6. The highest BCUT2D eigenvalue weighted by Gasteiger charge is 2.25. The number of ether oxygens (including phenoxy) is 1. The van der Waals surface area contributed by atoms with Crippen molar-refractivity contribution in [3.05, 3.63) is 48.2 Å². The largest absolute Gasteiger partial charge is 0.434 e. The van der Waals surface area contributed by atoms with Crippen LogP contribution in [0.3, 0.4) is 0 Å². The number of aromatic nitrogens is 2. The molecule has 2 heterocycles. The molecule has 0 bridgehead atoms. The first kappa shape index (κ1) is 16.4. The molecule has 6 heteroatoms. The lowest BCUT2D eigenvalue weighted by Crippen LogP contribution is -2.38. The van der Waals surface area contributed by atoms with Crippen LogP contribution in [0.2, 0.25) is 0 Å². The van der Waals surface area contributed by atoms with Gasteiger partial charge in [-0.1, -0.05) is 19.1 Å². The standard InChI is InChI=1S/C18H20FN3O2/c1-2-18(23)22-9-5-6-13(12-22)15-10-20-11-17(21-15)24-16-8-4-3-7-14(16)19/h3-4,7-8,10-11,13H,2,5-6,9,12H2,1H3/t13-/m0/s1. The minimum Gasteiger partial charge on any atom is -0.434 e. The van der Waals surface area contributed by atoms with Gasteiger partial charge in [-0.2, -0.15) is 0 Å². The number of nitrogens with zero attached hydrogens (tertiary/aromatic N) is 3. The van der Waals surface area contributed by atoms with Crippen molar-refractivity contribution >= 4 is 5.91 Å². The van der Waals surface area contributed by atoms with Gasteiger partial charge in [0.25, 0.3) is 0 Å². The fourth-order valence-corrected chi connectivity index (χ4v) is 2.92. The molecule has 0 unspecified atom stereocenters. The minimum absolute atomic E-state index is 0.121. The number of benzene rings is 1. The fraction of sp³-hybridized carbons (Fsp3) is 0.389. The van der Waals surface area contributed by atoms with Crippen molar-refractivity contribution in [3.63, 3.8) is 0 Å². The molecule has 0 aliphatic carbocycles. The van der Waals surface area contributed by atoms with E-state index < -0.39 is 5.82 Å². The number of halogens is 1. The third-order valence-corrected chi connectivity index (χ3v) is 4.18. The number of amides is 1. The molecule has 2 aromatic rings. The zero-order valence-corrected chi connectivity index (χ0v) is 13.6. The number of rotatable bonds is 4. The van der Waals surface area contributed by atoms with Gasteiger partial charge < -0.3 is 9.64 Å². The summed E-state index contributed by atoms with van der Waals surface area (Å²) in [6.07, 6.45) is 5.56. The number of likely N-dealkylation sites (tertiary alicyclic amines) is 1. The summed E-state index contributed by atoms with van der Waals surface area (Å²) in [5.41, 5.74) is 0.775. The van der Waals surface area contributed by atoms with Gasteiger partial charge in [0.15, 0.2) is 11.6 Å². The Balaban J connectivity index is 1.75. The van der Waals surface area contributed by atoms with Crippen molar-refractivity contribution in [1.29, 1.82) is 0 Å². The van der Waals surface area contributed by atoms with Crippen molar-refractivity contribution < 1.29 is 13.9 Å². The lowest BCUT2D eigenvalue weighted by Gasteiger charge is -2.32. The Bertz CT molecular complexity index is 723. The Morgan fingerprint density at radius 1 is 1.38 bits per heavy atom. The van der Waals surface area contributed by atoms with Crippen molar-refractivity contribution in [2.24, 2.45) is 0 Å². The number of hydrogen-bond acceptors (Lipinski definition) is 4. The van der Waals surface area contributed by atoms with Gasteiger partial charge in [0, 0.05) is 31.6 Å². The molecule has 0 N–H and O–H groups in total. The predicted octanol–water partition coefficient (Wildman–Crippen LogP) is 3.52. The molecule has 1 amide bonds. The van der Waals surface area contributed by atoms with E-state index in [2.05, 4.69) is 9.97 Å². The number of hydrogen-bond donors (Lipinski definition) is 0. The van der Waals surface area contributed by atoms with Crippen LogP contribution in [-0.2, 0) is 4.79 Å². The van der Waals surface area contributed by atoms with E-state index in [9.17, 15) is 9.18 Å². The summed E-state index contributed by atoms with van der Waals surface area (Å²) in [5, 5.41) is 0. The van der Waals surface area contributed by atoms with Gasteiger partial charge in [-0.15, -0.1) is 0 Å². The highest BCUT2D eigenvalue weighted by atomic mass is 19.1. The van der Waals surface area contributed by atoms with E-state index in [-0.39, 0.29) is 23.5 Å². The SMILES string of the molecule is CCC(=O)N1CCC[C@H](c2cncc(Oc3ccccc3F)n2)C1. The Morgan fingerprint density at radius 2 is 2.21 bits per heavy atom. The molecule has 0 saturated carbocycles. The first-order valence-corrected chi connectivity index (χ1v) is 8.19. The van der Waals surface area contributed by atoms with Crippen LogP contribution < -0.4 is 4.74 Å². The molecule has 24 heavy (non-hydrogen) atoms. The summed E-state index contributed by atoms with van der Waals surface area (Å²) in [6, 6.07) is 6.19. The van der Waals surface area contributed by atoms with Gasteiger partial charge in [0.2, 0.25) is 11.8 Å². The van der Waals surface area contributed by atoms with E-state index in [1.165, 1.54) is 12.3 Å². The molecular formula is C18H20FN3O2. The molecule has 5 nitrogen and oxygen atoms in total. The predicted molar refractivity (Wildman–Crippen MR) is 87.4 cm³/mol. The lowest BCUT2D eigenvalue weighted by atomic mass is 9.95. The van der Waals surface area contributed by atoms with Crippen LogP contribution in [0.5, 0.6) is 11.6 Å². The molecule has 1 saturated heterocycles. The van der Waals surface area contributed by atoms with Crippen LogP contribution in [-0.4, -0.2) is 33.9 Å². The second-order valence-corrected chi connectivity index (χ2v) is 5.85. The van der Waals surface area contributed by atoms with E-state index in [0.29, 0.717) is 13.0 Å². The molecule has 1 fully saturated rings. The molecule has 1 atom stereocenters. The summed E-state index contributed by atoms with van der Waals surface area (Å²) in [4.78, 5) is 22.4. The van der Waals surface area contributed by atoms with Crippen LogP contribution >= 0.6 is 0 Å². The molecule has 1 aliphatic heterocycles. The molecular weight excluding hydrogens is 309 g/mol. The lowest BCUT2D eigenvalue weighted by molar-refractivity contribution is -0.132. The Labute approximate surface area is 140 Å². The normalized spacial score (nSPS) is 17.6. The van der Waals surface area contributed by atoms with Gasteiger partial charge >= 0.3 is 0 Å². The first-order chi connectivity index (χ1) is 11.7. The molecule has 0 spiro atoms. The highest BCUT2D eigenvalue weighted by molar-refractivity contribution is 5.76. The second kappa shape index (κ2) is 7.38. The van der Waals surface area contributed by atoms with Gasteiger partial charge in [-0.3, -0.25) is 9.78 Å². The third-order valence-electron chi connectivity index (χ3n) is 4.18. The number of carbonyl (C=O) groups excluding carboxylic acids is 1. The molecule has 0 radical (unpaired) electrons. The van der Waals surface area contributed by atoms with Gasteiger partial charge in [0.05, 0.1) is 11.9 Å². The Hall–Kier alpha value is -2.50. The van der Waals surface area contributed by atoms with Crippen molar-refractivity contribution in [2.45, 2.75) is 32.1 Å². The topological polar surface area (TPSA) is 55.3 Å². The van der Waals surface area contributed by atoms with Crippen LogP contribution in [0.25, 0.3) is 0 Å². The number of para-hydroxylation sites is 1. The monoisotopic (exact) mass is 329 g/mol. The number of carbonyl (C=O) groups is 1. The summed E-state index contributed by atoms with van der Waals surface area (Å²) in [5.74, 6) is 0.228. The van der Waals surface area contributed by atoms with Gasteiger partial charge in [0.1, 0.15) is 0 Å². The summed E-state index contributed by atoms with van der Waals surface area (Å²) in [7, 11) is 0. The van der Waals surface area contributed by atoms with Crippen molar-refractivity contribution in [1.82, 2.24) is 14.9 Å². The van der Waals surface area contributed by atoms with Crippen LogP contribution in [0.1, 0.15) is 37.8 Å². The van der Waals surface area contributed by atoms with Crippen molar-refractivity contribution in [2.75, 3.05) is 13.1 Å². The Morgan fingerprint density at radius 3 is 3.00 bits per heavy atom. The zero-order chi connectivity index (χ0) is 16.9. The molecule has 1 aliphatic rings. The maximum Gasteiger partial charge on any atom is 0.238 e. The van der Waals surface area contributed by atoms with E-state index in [4.69, 9.17) is 4.74 Å². The fourth-order valence-electron chi connectivity index (χ4n) is 2.92. The quantitative estimate of drug-likeness (QED) is 0.861. The Kier molecular flexibility index (Phi) is 5.03. The third kappa shape index (κ3) is 3.69. The van der Waals surface area contributed by atoms with Gasteiger partial charge in [-0.25, -0.2) is 9.37 Å². The highest BCUT2D eigenvalue weighted by Crippen LogP contribution is 2.28. The summed E-state index contributed by atoms with van der Waals surface area (Å²) in [6.45, 7) is 3.31. The van der Waals surface area contributed by atoms with E-state index >= 15 is 0 Å². The maximum atomic E-state index is 13.7. The van der Waals surface area contributed by atoms with E-state index in [1.54, 1.807) is 24.4 Å².